The molecule has 32 heteroatoms. The minimum Gasteiger partial charge on any atom is -0.394 e. The molecule has 17 aliphatic rings. The summed E-state index contributed by atoms with van der Waals surface area (Å²) in [6, 6.07) is 0. The number of hydrogen-bond donors (Lipinski definition) is 18. The fraction of sp³-hybridized carbons (Fsp3) is 1.00. The molecule has 438 valence electrons. The summed E-state index contributed by atoms with van der Waals surface area (Å²) in [7, 11) is 0. The quantitative estimate of drug-likeness (QED) is 0.110. The van der Waals surface area contributed by atoms with E-state index in [0.717, 1.165) is 0 Å². The van der Waals surface area contributed by atoms with Crippen LogP contribution >= 0.6 is 0 Å². The first-order valence-electron chi connectivity index (χ1n) is 24.6. The van der Waals surface area contributed by atoms with Crippen LogP contribution in [0.4, 0.5) is 0 Å². The number of aliphatic hydroxyl groups is 18. The Kier molecular flexibility index (Phi) is 21.3. The monoisotopic (exact) mass is 1100 g/mol. The maximum atomic E-state index is 11.4. The van der Waals surface area contributed by atoms with Crippen molar-refractivity contribution in [3.8, 4) is 0 Å². The SMILES string of the molecule is CCC1OC2OC3C(CO)OC(OC4C(C)OC(OC5C(CO)OC(OC6C(CO)OC(OC7C(C)OC(OC(C)C(CO)OC(C(O)O)OC1C(O)C2O)C(O)C7O)C(O)C6O)C(O)C5O)C(O)C4O)C(O)C3O. The molecule has 0 spiro atoms. The van der Waals surface area contributed by atoms with Crippen LogP contribution in [0.2, 0.25) is 0 Å². The van der Waals surface area contributed by atoms with Gasteiger partial charge in [0.15, 0.2) is 37.7 Å². The Morgan fingerprint density at radius 1 is 0.280 bits per heavy atom. The highest BCUT2D eigenvalue weighted by Gasteiger charge is 2.57. The zero-order valence-electron chi connectivity index (χ0n) is 40.9. The normalized spacial score (nSPS) is 54.0. The van der Waals surface area contributed by atoms with E-state index in [1.807, 2.05) is 0 Å². The van der Waals surface area contributed by atoms with Gasteiger partial charge in [0.25, 0.3) is 0 Å². The first-order chi connectivity index (χ1) is 35.5. The van der Waals surface area contributed by atoms with Gasteiger partial charge in [-0.2, -0.15) is 0 Å². The Morgan fingerprint density at radius 2 is 0.533 bits per heavy atom. The fourth-order valence-electron chi connectivity index (χ4n) is 10.0. The molecule has 0 amide bonds. The standard InChI is InChI=1S/C43H74O32/c1-5-13-32-20(50)26(56)39(65-13)73-34-16(8-46)67-41(27(57)21(34)51)71-31-12(4)64-38(25(55)19(31)49)72-33-15(7-45)69-42(29(59)23(33)53)74-35-17(9-47)68-40(28(58)22(35)52)70-30-11(3)63-37(24(54)18(30)48)62-10(2)14(6-44)66-43(75-32)36(60)61/h10-61H,5-9H2,1-4H3. The molecule has 32 nitrogen and oxygen atoms in total. The van der Waals surface area contributed by atoms with Crippen molar-refractivity contribution in [2.45, 2.75) is 243 Å². The van der Waals surface area contributed by atoms with Crippen LogP contribution in [0, 0.1) is 0 Å². The predicted octanol–water partition coefficient (Wildman–Crippen LogP) is -11.2. The Labute approximate surface area is 427 Å². The molecular weight excluding hydrogens is 1030 g/mol. The number of aliphatic hydroxyl groups excluding tert-OH is 17. The van der Waals surface area contributed by atoms with E-state index in [4.69, 9.17) is 66.3 Å². The highest BCUT2D eigenvalue weighted by Crippen LogP contribution is 2.38. The van der Waals surface area contributed by atoms with Crippen LogP contribution < -0.4 is 0 Å². The zero-order valence-corrected chi connectivity index (χ0v) is 40.9. The predicted molar refractivity (Wildman–Crippen MR) is 231 cm³/mol. The third kappa shape index (κ3) is 12.8. The Morgan fingerprint density at radius 3 is 0.840 bits per heavy atom. The van der Waals surface area contributed by atoms with Crippen molar-refractivity contribution >= 4 is 0 Å². The molecule has 18 N–H and O–H groups in total. The summed E-state index contributed by atoms with van der Waals surface area (Å²) in [5, 5.41) is 197. The van der Waals surface area contributed by atoms with Gasteiger partial charge in [-0.25, -0.2) is 0 Å². The second-order valence-electron chi connectivity index (χ2n) is 19.5. The fourth-order valence-corrected chi connectivity index (χ4v) is 10.0. The van der Waals surface area contributed by atoms with Gasteiger partial charge in [-0.15, -0.1) is 0 Å². The molecule has 33 unspecified atom stereocenters. The third-order valence-corrected chi connectivity index (χ3v) is 14.4. The van der Waals surface area contributed by atoms with Gasteiger partial charge in [0.05, 0.1) is 50.8 Å². The van der Waals surface area contributed by atoms with E-state index in [1.165, 1.54) is 27.7 Å². The highest BCUT2D eigenvalue weighted by atomic mass is 16.8. The van der Waals surface area contributed by atoms with E-state index in [9.17, 15) is 91.9 Å². The average molecular weight is 1100 g/mol. The lowest BCUT2D eigenvalue weighted by Gasteiger charge is -2.49. The van der Waals surface area contributed by atoms with Crippen molar-refractivity contribution in [2.24, 2.45) is 0 Å². The van der Waals surface area contributed by atoms with Crippen LogP contribution in [0.5, 0.6) is 0 Å². The first-order valence-corrected chi connectivity index (χ1v) is 24.6. The lowest BCUT2D eigenvalue weighted by atomic mass is 9.95. The largest absolute Gasteiger partial charge is 0.394 e. The summed E-state index contributed by atoms with van der Waals surface area (Å²) in [6.07, 6.45) is -62.0. The molecule has 12 bridgehead atoms. The summed E-state index contributed by atoms with van der Waals surface area (Å²) in [4.78, 5) is 0. The number of fused-ring (bicyclic) bond motifs is 1. The Bertz CT molecular complexity index is 1740. The molecule has 17 fully saturated rings. The second-order valence-corrected chi connectivity index (χ2v) is 19.5. The van der Waals surface area contributed by atoms with E-state index >= 15 is 0 Å². The molecular formula is C43H74O32. The maximum absolute atomic E-state index is 11.4. The minimum atomic E-state index is -2.51. The molecule has 17 rings (SSSR count). The number of hydrogen-bond acceptors (Lipinski definition) is 32. The molecule has 0 radical (unpaired) electrons. The van der Waals surface area contributed by atoms with Crippen molar-refractivity contribution in [3.63, 3.8) is 0 Å². The van der Waals surface area contributed by atoms with Crippen LogP contribution in [-0.2, 0) is 66.3 Å². The maximum Gasteiger partial charge on any atom is 0.209 e. The zero-order chi connectivity index (χ0) is 55.1. The molecule has 0 aliphatic carbocycles. The smallest absolute Gasteiger partial charge is 0.209 e. The second kappa shape index (κ2) is 26.1. The van der Waals surface area contributed by atoms with Gasteiger partial charge in [-0.3, -0.25) is 0 Å². The Balaban J connectivity index is 1.15. The van der Waals surface area contributed by atoms with Gasteiger partial charge in [0.2, 0.25) is 12.6 Å². The van der Waals surface area contributed by atoms with Crippen molar-refractivity contribution < 1.29 is 158 Å². The van der Waals surface area contributed by atoms with E-state index in [0.29, 0.717) is 0 Å². The van der Waals surface area contributed by atoms with E-state index < -0.39 is 235 Å². The molecule has 0 saturated carbocycles. The summed E-state index contributed by atoms with van der Waals surface area (Å²) < 4.78 is 80.7. The number of rotatable bonds is 6. The average Bonchev–Trinajstić information content (AvgIpc) is 3.38. The molecule has 0 aromatic carbocycles. The van der Waals surface area contributed by atoms with Gasteiger partial charge < -0.3 is 158 Å². The minimum absolute atomic E-state index is 0.0379. The summed E-state index contributed by atoms with van der Waals surface area (Å²) in [6.45, 7) is 1.70. The summed E-state index contributed by atoms with van der Waals surface area (Å²) >= 11 is 0. The van der Waals surface area contributed by atoms with Crippen LogP contribution in [0.15, 0.2) is 0 Å². The van der Waals surface area contributed by atoms with Crippen LogP contribution in [0.25, 0.3) is 0 Å². The molecule has 33 atom stereocenters. The van der Waals surface area contributed by atoms with Crippen molar-refractivity contribution in [1.82, 2.24) is 0 Å². The Hall–Kier alpha value is -1.28. The van der Waals surface area contributed by atoms with Crippen LogP contribution in [0.1, 0.15) is 34.1 Å². The van der Waals surface area contributed by atoms with Gasteiger partial charge in [-0.1, -0.05) is 6.92 Å². The topological polar surface area (TPSA) is 493 Å². The highest BCUT2D eigenvalue weighted by molar-refractivity contribution is 5.00. The van der Waals surface area contributed by atoms with Gasteiger partial charge >= 0.3 is 0 Å². The number of ether oxygens (including phenoxy) is 14. The molecule has 17 heterocycles. The van der Waals surface area contributed by atoms with Gasteiger partial charge in [-0.05, 0) is 27.2 Å². The first kappa shape index (κ1) is 61.3. The van der Waals surface area contributed by atoms with Crippen molar-refractivity contribution in [2.75, 3.05) is 26.4 Å². The van der Waals surface area contributed by atoms with Crippen molar-refractivity contribution in [3.05, 3.63) is 0 Å². The van der Waals surface area contributed by atoms with E-state index in [-0.39, 0.29) is 6.42 Å². The van der Waals surface area contributed by atoms with E-state index in [1.54, 1.807) is 0 Å². The lowest BCUT2D eigenvalue weighted by Crippen LogP contribution is -2.68. The molecule has 0 aromatic heterocycles. The van der Waals surface area contributed by atoms with E-state index in [2.05, 4.69) is 0 Å². The summed E-state index contributed by atoms with van der Waals surface area (Å²) in [5.74, 6) is 0. The van der Waals surface area contributed by atoms with Gasteiger partial charge in [0, 0.05) is 0 Å². The van der Waals surface area contributed by atoms with Gasteiger partial charge in [0.1, 0.15) is 134 Å². The molecule has 75 heavy (non-hydrogen) atoms. The summed E-state index contributed by atoms with van der Waals surface area (Å²) in [5.41, 5.74) is 0. The van der Waals surface area contributed by atoms with Crippen LogP contribution in [-0.4, -0.2) is 327 Å². The molecule has 17 aliphatic heterocycles. The molecule has 17 saturated heterocycles. The van der Waals surface area contributed by atoms with Crippen molar-refractivity contribution in [1.29, 1.82) is 0 Å². The lowest BCUT2D eigenvalue weighted by molar-refractivity contribution is -0.394. The third-order valence-electron chi connectivity index (χ3n) is 14.4. The molecule has 0 aromatic rings. The van der Waals surface area contributed by atoms with Crippen LogP contribution in [0.3, 0.4) is 0 Å².